The maximum atomic E-state index is 11.0. The average molecular weight is 228 g/mol. The van der Waals surface area contributed by atoms with Crippen molar-refractivity contribution in [3.63, 3.8) is 0 Å². The maximum absolute atomic E-state index is 11.0. The summed E-state index contributed by atoms with van der Waals surface area (Å²) in [6.07, 6.45) is 5.39. The molecule has 0 unspecified atom stereocenters. The molecule has 4 nitrogen and oxygen atoms in total. The Morgan fingerprint density at radius 3 is 2.75 bits per heavy atom. The van der Waals surface area contributed by atoms with Crippen molar-refractivity contribution in [1.29, 1.82) is 0 Å². The molecule has 0 heterocycles. The summed E-state index contributed by atoms with van der Waals surface area (Å²) in [7, 11) is 2.17. The molecule has 1 fully saturated rings. The zero-order chi connectivity index (χ0) is 11.8. The fourth-order valence-electron chi connectivity index (χ4n) is 2.19. The SMILES string of the molecule is CCOC(=O)CNCCN(C)C1CCCC1. The predicted molar refractivity (Wildman–Crippen MR) is 64.4 cm³/mol. The highest BCUT2D eigenvalue weighted by Gasteiger charge is 2.18. The van der Waals surface area contributed by atoms with Gasteiger partial charge in [0.1, 0.15) is 0 Å². The lowest BCUT2D eigenvalue weighted by Gasteiger charge is -2.23. The Morgan fingerprint density at radius 2 is 2.12 bits per heavy atom. The van der Waals surface area contributed by atoms with E-state index in [4.69, 9.17) is 4.74 Å². The van der Waals surface area contributed by atoms with Crippen molar-refractivity contribution in [2.75, 3.05) is 33.3 Å². The van der Waals surface area contributed by atoms with Gasteiger partial charge in [0.15, 0.2) is 0 Å². The second-order valence-electron chi connectivity index (χ2n) is 4.40. The molecular formula is C12H24N2O2. The molecule has 1 aliphatic carbocycles. The molecular weight excluding hydrogens is 204 g/mol. The lowest BCUT2D eigenvalue weighted by atomic mass is 10.2. The van der Waals surface area contributed by atoms with Crippen LogP contribution < -0.4 is 5.32 Å². The van der Waals surface area contributed by atoms with Gasteiger partial charge in [-0.3, -0.25) is 4.79 Å². The van der Waals surface area contributed by atoms with E-state index < -0.39 is 0 Å². The molecule has 0 radical (unpaired) electrons. The third-order valence-corrected chi connectivity index (χ3v) is 3.16. The van der Waals surface area contributed by atoms with Crippen LogP contribution in [-0.4, -0.2) is 50.2 Å². The maximum Gasteiger partial charge on any atom is 0.319 e. The third kappa shape index (κ3) is 4.94. The molecule has 0 atom stereocenters. The highest BCUT2D eigenvalue weighted by Crippen LogP contribution is 2.21. The fourth-order valence-corrected chi connectivity index (χ4v) is 2.19. The number of likely N-dealkylation sites (N-methyl/N-ethyl adjacent to an activating group) is 1. The van der Waals surface area contributed by atoms with Crippen LogP contribution in [0.5, 0.6) is 0 Å². The Kier molecular flexibility index (Phi) is 6.42. The molecule has 0 saturated heterocycles. The predicted octanol–water partition coefficient (Wildman–Crippen LogP) is 1.01. The van der Waals surface area contributed by atoms with E-state index in [0.29, 0.717) is 13.2 Å². The lowest BCUT2D eigenvalue weighted by molar-refractivity contribution is -0.142. The van der Waals surface area contributed by atoms with Crippen molar-refractivity contribution in [3.05, 3.63) is 0 Å². The monoisotopic (exact) mass is 228 g/mol. The molecule has 0 bridgehead atoms. The first-order chi connectivity index (χ1) is 7.74. The van der Waals surface area contributed by atoms with Gasteiger partial charge in [-0.2, -0.15) is 0 Å². The Morgan fingerprint density at radius 1 is 1.44 bits per heavy atom. The van der Waals surface area contributed by atoms with Gasteiger partial charge in [0, 0.05) is 19.1 Å². The number of nitrogens with one attached hydrogen (secondary N) is 1. The summed E-state index contributed by atoms with van der Waals surface area (Å²) < 4.78 is 4.83. The number of hydrogen-bond donors (Lipinski definition) is 1. The molecule has 1 N–H and O–H groups in total. The van der Waals surface area contributed by atoms with Crippen LogP contribution in [0.15, 0.2) is 0 Å². The van der Waals surface area contributed by atoms with E-state index in [2.05, 4.69) is 17.3 Å². The number of rotatable bonds is 7. The summed E-state index contributed by atoms with van der Waals surface area (Å²) in [5.41, 5.74) is 0. The van der Waals surface area contributed by atoms with E-state index in [1.165, 1.54) is 25.7 Å². The van der Waals surface area contributed by atoms with Gasteiger partial charge in [0.25, 0.3) is 0 Å². The van der Waals surface area contributed by atoms with Crippen LogP contribution >= 0.6 is 0 Å². The van der Waals surface area contributed by atoms with Crippen LogP contribution in [0.4, 0.5) is 0 Å². The lowest BCUT2D eigenvalue weighted by Crippen LogP contribution is -2.37. The fraction of sp³-hybridized carbons (Fsp3) is 0.917. The summed E-state index contributed by atoms with van der Waals surface area (Å²) >= 11 is 0. The first-order valence-corrected chi connectivity index (χ1v) is 6.30. The molecule has 1 rings (SSSR count). The van der Waals surface area contributed by atoms with Crippen LogP contribution in [-0.2, 0) is 9.53 Å². The van der Waals surface area contributed by atoms with Crippen LogP contribution in [0.25, 0.3) is 0 Å². The molecule has 0 aliphatic heterocycles. The second kappa shape index (κ2) is 7.63. The first kappa shape index (κ1) is 13.5. The van der Waals surface area contributed by atoms with Crippen molar-refractivity contribution in [3.8, 4) is 0 Å². The van der Waals surface area contributed by atoms with Crippen molar-refractivity contribution in [2.24, 2.45) is 0 Å². The highest BCUT2D eigenvalue weighted by atomic mass is 16.5. The second-order valence-corrected chi connectivity index (χ2v) is 4.40. The molecule has 1 aliphatic rings. The summed E-state index contributed by atoms with van der Waals surface area (Å²) in [5.74, 6) is -0.161. The van der Waals surface area contributed by atoms with E-state index in [9.17, 15) is 4.79 Å². The minimum atomic E-state index is -0.161. The summed E-state index contributed by atoms with van der Waals surface area (Å²) in [5, 5.41) is 3.11. The number of ether oxygens (including phenoxy) is 1. The molecule has 94 valence electrons. The molecule has 1 saturated carbocycles. The van der Waals surface area contributed by atoms with E-state index in [0.717, 1.165) is 19.1 Å². The van der Waals surface area contributed by atoms with E-state index in [-0.39, 0.29) is 5.97 Å². The number of nitrogens with zero attached hydrogens (tertiary/aromatic N) is 1. The molecule has 0 aromatic rings. The number of esters is 1. The summed E-state index contributed by atoms with van der Waals surface area (Å²) in [6.45, 7) is 4.47. The highest BCUT2D eigenvalue weighted by molar-refractivity contribution is 5.71. The van der Waals surface area contributed by atoms with Crippen LogP contribution in [0.3, 0.4) is 0 Å². The van der Waals surface area contributed by atoms with Crippen LogP contribution in [0.2, 0.25) is 0 Å². The van der Waals surface area contributed by atoms with Gasteiger partial charge in [-0.15, -0.1) is 0 Å². The average Bonchev–Trinajstić information content (AvgIpc) is 2.78. The van der Waals surface area contributed by atoms with Gasteiger partial charge in [0.2, 0.25) is 0 Å². The summed E-state index contributed by atoms with van der Waals surface area (Å²) in [6, 6.07) is 0.754. The van der Waals surface area contributed by atoms with Crippen molar-refractivity contribution < 1.29 is 9.53 Å². The minimum absolute atomic E-state index is 0.161. The largest absolute Gasteiger partial charge is 0.465 e. The quantitative estimate of drug-likeness (QED) is 0.522. The molecule has 4 heteroatoms. The molecule has 0 amide bonds. The Balaban J connectivity index is 1.99. The van der Waals surface area contributed by atoms with Gasteiger partial charge in [0.05, 0.1) is 13.2 Å². The Labute approximate surface area is 98.3 Å². The standard InChI is InChI=1S/C12H24N2O2/c1-3-16-12(15)10-13-8-9-14(2)11-6-4-5-7-11/h11,13H,3-10H2,1-2H3. The van der Waals surface area contributed by atoms with E-state index in [1.807, 2.05) is 6.92 Å². The number of carbonyl (C=O) groups excluding carboxylic acids is 1. The van der Waals surface area contributed by atoms with Crippen molar-refractivity contribution >= 4 is 5.97 Å². The zero-order valence-electron chi connectivity index (χ0n) is 10.5. The van der Waals surface area contributed by atoms with Gasteiger partial charge in [-0.1, -0.05) is 12.8 Å². The summed E-state index contributed by atoms with van der Waals surface area (Å²) in [4.78, 5) is 13.4. The molecule has 16 heavy (non-hydrogen) atoms. The van der Waals surface area contributed by atoms with E-state index >= 15 is 0 Å². The number of carbonyl (C=O) groups is 1. The third-order valence-electron chi connectivity index (χ3n) is 3.16. The topological polar surface area (TPSA) is 41.6 Å². The van der Waals surface area contributed by atoms with Crippen molar-refractivity contribution in [1.82, 2.24) is 10.2 Å². The molecule has 0 aromatic carbocycles. The first-order valence-electron chi connectivity index (χ1n) is 6.30. The Bertz CT molecular complexity index is 203. The van der Waals surface area contributed by atoms with Crippen LogP contribution in [0, 0.1) is 0 Å². The van der Waals surface area contributed by atoms with Gasteiger partial charge in [-0.05, 0) is 26.8 Å². The Hall–Kier alpha value is -0.610. The van der Waals surface area contributed by atoms with E-state index in [1.54, 1.807) is 0 Å². The molecule has 0 aromatic heterocycles. The normalized spacial score (nSPS) is 16.9. The van der Waals surface area contributed by atoms with Gasteiger partial charge < -0.3 is 15.0 Å². The van der Waals surface area contributed by atoms with Crippen molar-refractivity contribution in [2.45, 2.75) is 38.6 Å². The zero-order valence-corrected chi connectivity index (χ0v) is 10.5. The van der Waals surface area contributed by atoms with Crippen LogP contribution in [0.1, 0.15) is 32.6 Å². The number of hydrogen-bond acceptors (Lipinski definition) is 4. The van der Waals surface area contributed by atoms with Gasteiger partial charge in [-0.25, -0.2) is 0 Å². The molecule has 0 spiro atoms. The smallest absolute Gasteiger partial charge is 0.319 e. The minimum Gasteiger partial charge on any atom is -0.465 e. The van der Waals surface area contributed by atoms with Gasteiger partial charge >= 0.3 is 5.97 Å².